The molecule has 0 fully saturated rings. The zero-order chi connectivity index (χ0) is 9.07. The molecule has 0 aliphatic heterocycles. The topological polar surface area (TPSA) is 43.1 Å². The minimum Gasteiger partial charge on any atom is -0.321 e. The third-order valence-corrected chi connectivity index (χ3v) is 1.68. The highest BCUT2D eigenvalue weighted by molar-refractivity contribution is 5.88. The van der Waals surface area contributed by atoms with Crippen molar-refractivity contribution in [2.24, 2.45) is 11.1 Å². The summed E-state index contributed by atoms with van der Waals surface area (Å²) in [6, 6.07) is -0.264. The van der Waals surface area contributed by atoms with Crippen molar-refractivity contribution >= 4 is 5.78 Å². The van der Waals surface area contributed by atoms with Gasteiger partial charge in [0.15, 0.2) is 5.78 Å². The van der Waals surface area contributed by atoms with Gasteiger partial charge in [-0.25, -0.2) is 0 Å². The van der Waals surface area contributed by atoms with Crippen molar-refractivity contribution in [3.8, 4) is 0 Å². The molecular weight excluding hydrogens is 138 g/mol. The van der Waals surface area contributed by atoms with Crippen LogP contribution in [-0.4, -0.2) is 11.8 Å². The number of ketones is 1. The van der Waals surface area contributed by atoms with Gasteiger partial charge in [-0.2, -0.15) is 0 Å². The van der Waals surface area contributed by atoms with Crippen LogP contribution in [0.4, 0.5) is 0 Å². The summed E-state index contributed by atoms with van der Waals surface area (Å²) in [6.07, 6.45) is 1.78. The van der Waals surface area contributed by atoms with Crippen LogP contribution in [0, 0.1) is 5.41 Å². The zero-order valence-electron chi connectivity index (χ0n) is 7.98. The fourth-order valence-corrected chi connectivity index (χ4v) is 0.998. The molecule has 0 aliphatic rings. The van der Waals surface area contributed by atoms with Crippen LogP contribution < -0.4 is 5.73 Å². The maximum atomic E-state index is 11.4. The highest BCUT2D eigenvalue weighted by atomic mass is 16.1. The second-order valence-corrected chi connectivity index (χ2v) is 4.01. The van der Waals surface area contributed by atoms with Crippen LogP contribution in [0.1, 0.15) is 40.5 Å². The van der Waals surface area contributed by atoms with Crippen molar-refractivity contribution in [2.45, 2.75) is 46.6 Å². The van der Waals surface area contributed by atoms with E-state index in [1.54, 1.807) is 0 Å². The Bertz CT molecular complexity index is 135. The summed E-state index contributed by atoms with van der Waals surface area (Å²) in [7, 11) is 0. The van der Waals surface area contributed by atoms with Crippen LogP contribution in [0.3, 0.4) is 0 Å². The highest BCUT2D eigenvalue weighted by Crippen LogP contribution is 2.17. The first-order valence-electron chi connectivity index (χ1n) is 4.19. The number of nitrogens with two attached hydrogens (primary N) is 1. The Hall–Kier alpha value is -0.370. The number of carbonyl (C=O) groups excluding carboxylic acids is 1. The molecule has 66 valence electrons. The first-order chi connectivity index (χ1) is 4.89. The van der Waals surface area contributed by atoms with Crippen molar-refractivity contribution in [2.75, 3.05) is 0 Å². The molecule has 0 amide bonds. The van der Waals surface area contributed by atoms with Crippen LogP contribution >= 0.6 is 0 Å². The molecule has 0 spiro atoms. The Morgan fingerprint density at radius 2 is 1.91 bits per heavy atom. The Morgan fingerprint density at radius 3 is 2.18 bits per heavy atom. The van der Waals surface area contributed by atoms with Gasteiger partial charge in [-0.05, 0) is 6.42 Å². The lowest BCUT2D eigenvalue weighted by Gasteiger charge is -2.21. The van der Waals surface area contributed by atoms with Gasteiger partial charge in [0.1, 0.15) is 0 Å². The summed E-state index contributed by atoms with van der Waals surface area (Å²) in [4.78, 5) is 11.4. The van der Waals surface area contributed by atoms with Gasteiger partial charge in [0.2, 0.25) is 0 Å². The quantitative estimate of drug-likeness (QED) is 0.678. The van der Waals surface area contributed by atoms with Crippen molar-refractivity contribution in [3.05, 3.63) is 0 Å². The van der Waals surface area contributed by atoms with Crippen LogP contribution in [0.2, 0.25) is 0 Å². The molecule has 0 heterocycles. The van der Waals surface area contributed by atoms with Gasteiger partial charge in [0.25, 0.3) is 0 Å². The molecule has 0 unspecified atom stereocenters. The largest absolute Gasteiger partial charge is 0.321 e. The second kappa shape index (κ2) is 3.86. The predicted molar refractivity (Wildman–Crippen MR) is 47.3 cm³/mol. The van der Waals surface area contributed by atoms with E-state index in [0.29, 0.717) is 0 Å². The Morgan fingerprint density at radius 1 is 1.45 bits per heavy atom. The molecular formula is C9H19NO. The molecule has 1 atom stereocenters. The summed E-state index contributed by atoms with van der Waals surface area (Å²) < 4.78 is 0. The van der Waals surface area contributed by atoms with Crippen molar-refractivity contribution in [1.29, 1.82) is 0 Å². The van der Waals surface area contributed by atoms with Crippen LogP contribution in [0.25, 0.3) is 0 Å². The van der Waals surface area contributed by atoms with E-state index in [2.05, 4.69) is 0 Å². The maximum Gasteiger partial charge on any atom is 0.154 e. The number of rotatable bonds is 3. The van der Waals surface area contributed by atoms with E-state index in [1.807, 2.05) is 27.7 Å². The number of hydrogen-bond acceptors (Lipinski definition) is 2. The molecule has 0 rings (SSSR count). The molecule has 0 aromatic rings. The molecule has 0 aromatic carbocycles. The average molecular weight is 157 g/mol. The summed E-state index contributed by atoms with van der Waals surface area (Å²) in [6.45, 7) is 7.76. The second-order valence-electron chi connectivity index (χ2n) is 4.01. The van der Waals surface area contributed by atoms with Gasteiger partial charge in [0, 0.05) is 5.41 Å². The fraction of sp³-hybridized carbons (Fsp3) is 0.889. The standard InChI is InChI=1S/C9H19NO/c1-5-6-7(10)8(11)9(2,3)4/h7H,5-6,10H2,1-4H3/t7-/m1/s1. The molecule has 2 heteroatoms. The van der Waals surface area contributed by atoms with Crippen molar-refractivity contribution in [1.82, 2.24) is 0 Å². The van der Waals surface area contributed by atoms with E-state index in [-0.39, 0.29) is 17.2 Å². The Kier molecular flexibility index (Phi) is 3.73. The van der Waals surface area contributed by atoms with Gasteiger partial charge in [0.05, 0.1) is 6.04 Å². The molecule has 0 aliphatic carbocycles. The Balaban J connectivity index is 4.03. The SMILES string of the molecule is CCC[C@@H](N)C(=O)C(C)(C)C. The molecule has 11 heavy (non-hydrogen) atoms. The first-order valence-corrected chi connectivity index (χ1v) is 4.19. The van der Waals surface area contributed by atoms with Gasteiger partial charge in [-0.1, -0.05) is 34.1 Å². The lowest BCUT2D eigenvalue weighted by Crippen LogP contribution is -2.38. The summed E-state index contributed by atoms with van der Waals surface area (Å²) >= 11 is 0. The minimum absolute atomic E-state index is 0.166. The van der Waals surface area contributed by atoms with E-state index < -0.39 is 0 Å². The first kappa shape index (κ1) is 10.6. The van der Waals surface area contributed by atoms with Crippen molar-refractivity contribution < 1.29 is 4.79 Å². The minimum atomic E-state index is -0.283. The van der Waals surface area contributed by atoms with Crippen LogP contribution in [-0.2, 0) is 4.79 Å². The van der Waals surface area contributed by atoms with E-state index in [9.17, 15) is 4.79 Å². The van der Waals surface area contributed by atoms with E-state index >= 15 is 0 Å². The predicted octanol–water partition coefficient (Wildman–Crippen LogP) is 1.73. The molecule has 0 aromatic heterocycles. The summed E-state index contributed by atoms with van der Waals surface area (Å²) in [5.74, 6) is 0.166. The molecule has 0 saturated carbocycles. The normalized spacial score (nSPS) is 14.6. The third-order valence-electron chi connectivity index (χ3n) is 1.68. The molecule has 2 N–H and O–H groups in total. The Labute approximate surface area is 69.2 Å². The summed E-state index contributed by atoms with van der Waals surface area (Å²) in [5, 5.41) is 0. The molecule has 0 saturated heterocycles. The van der Waals surface area contributed by atoms with E-state index in [4.69, 9.17) is 5.73 Å². The average Bonchev–Trinajstić information content (AvgIpc) is 1.85. The van der Waals surface area contributed by atoms with E-state index in [0.717, 1.165) is 12.8 Å². The third kappa shape index (κ3) is 3.51. The van der Waals surface area contributed by atoms with Crippen LogP contribution in [0.5, 0.6) is 0 Å². The van der Waals surface area contributed by atoms with Crippen molar-refractivity contribution in [3.63, 3.8) is 0 Å². The number of hydrogen-bond donors (Lipinski definition) is 1. The molecule has 0 radical (unpaired) electrons. The van der Waals surface area contributed by atoms with Gasteiger partial charge in [-0.3, -0.25) is 4.79 Å². The monoisotopic (exact) mass is 157 g/mol. The van der Waals surface area contributed by atoms with E-state index in [1.165, 1.54) is 0 Å². The fourth-order valence-electron chi connectivity index (χ4n) is 0.998. The number of carbonyl (C=O) groups is 1. The lowest BCUT2D eigenvalue weighted by atomic mass is 9.85. The zero-order valence-corrected chi connectivity index (χ0v) is 7.98. The molecule has 2 nitrogen and oxygen atoms in total. The maximum absolute atomic E-state index is 11.4. The molecule has 0 bridgehead atoms. The smallest absolute Gasteiger partial charge is 0.154 e. The van der Waals surface area contributed by atoms with Crippen LogP contribution in [0.15, 0.2) is 0 Å². The summed E-state index contributed by atoms with van der Waals surface area (Å²) in [5.41, 5.74) is 5.38. The lowest BCUT2D eigenvalue weighted by molar-refractivity contribution is -0.127. The highest BCUT2D eigenvalue weighted by Gasteiger charge is 2.25. The van der Waals surface area contributed by atoms with Gasteiger partial charge >= 0.3 is 0 Å². The number of Topliss-reactive ketones (excluding diaryl/α,β-unsaturated/α-hetero) is 1. The van der Waals surface area contributed by atoms with Gasteiger partial charge < -0.3 is 5.73 Å². The van der Waals surface area contributed by atoms with Gasteiger partial charge in [-0.15, -0.1) is 0 Å².